The Morgan fingerprint density at radius 1 is 1.29 bits per heavy atom. The Bertz CT molecular complexity index is 518. The second kappa shape index (κ2) is 4.05. The monoisotopic (exact) mass is 230 g/mol. The van der Waals surface area contributed by atoms with Crippen LogP contribution in [0.2, 0.25) is 0 Å². The number of nitrogens with zero attached hydrogens (tertiary/aromatic N) is 2. The lowest BCUT2D eigenvalue weighted by atomic mass is 10.1. The van der Waals surface area contributed by atoms with Gasteiger partial charge in [-0.25, -0.2) is 0 Å². The molecular weight excluding hydrogens is 216 g/mol. The summed E-state index contributed by atoms with van der Waals surface area (Å²) in [6, 6.07) is 7.14. The van der Waals surface area contributed by atoms with Crippen LogP contribution in [0.3, 0.4) is 0 Å². The van der Waals surface area contributed by atoms with Crippen molar-refractivity contribution in [1.29, 1.82) is 0 Å². The zero-order valence-corrected chi connectivity index (χ0v) is 10.1. The van der Waals surface area contributed by atoms with Crippen molar-refractivity contribution in [3.05, 3.63) is 41.7 Å². The van der Waals surface area contributed by atoms with Crippen molar-refractivity contribution in [3.8, 4) is 0 Å². The third-order valence-corrected chi connectivity index (χ3v) is 2.56. The number of Topliss-reactive ketones (excluding diaryl/α,β-unsaturated/α-hetero) is 1. The molecule has 0 radical (unpaired) electrons. The molecule has 1 heterocycles. The van der Waals surface area contributed by atoms with Crippen LogP contribution in [0.1, 0.15) is 17.3 Å². The highest BCUT2D eigenvalue weighted by Crippen LogP contribution is 2.34. The maximum atomic E-state index is 12.2. The lowest BCUT2D eigenvalue weighted by Gasteiger charge is -2.17. The van der Waals surface area contributed by atoms with E-state index in [1.54, 1.807) is 29.3 Å². The molecule has 1 aliphatic heterocycles. The minimum Gasteiger partial charge on any atom is -0.382 e. The SMILES string of the molecule is CC(=O)N1C(=CN(C)C)C(=O)c2ccccc21. The number of amides is 1. The number of hydrogen-bond donors (Lipinski definition) is 0. The molecule has 1 amide bonds. The summed E-state index contributed by atoms with van der Waals surface area (Å²) in [5.74, 6) is -0.263. The van der Waals surface area contributed by atoms with Gasteiger partial charge in [-0.1, -0.05) is 12.1 Å². The van der Waals surface area contributed by atoms with Gasteiger partial charge in [-0.05, 0) is 12.1 Å². The number of fused-ring (bicyclic) bond motifs is 1. The average molecular weight is 230 g/mol. The Labute approximate surface area is 100 Å². The molecule has 0 N–H and O–H groups in total. The van der Waals surface area contributed by atoms with Gasteiger partial charge in [-0.15, -0.1) is 0 Å². The van der Waals surface area contributed by atoms with Crippen molar-refractivity contribution in [3.63, 3.8) is 0 Å². The molecule has 0 saturated heterocycles. The maximum absolute atomic E-state index is 12.2. The minimum absolute atomic E-state index is 0.107. The van der Waals surface area contributed by atoms with Crippen molar-refractivity contribution in [2.24, 2.45) is 0 Å². The number of anilines is 1. The van der Waals surface area contributed by atoms with E-state index in [2.05, 4.69) is 0 Å². The van der Waals surface area contributed by atoms with E-state index in [1.807, 2.05) is 20.2 Å². The van der Waals surface area contributed by atoms with Crippen molar-refractivity contribution >= 4 is 17.4 Å². The highest BCUT2D eigenvalue weighted by Gasteiger charge is 2.34. The molecule has 4 heteroatoms. The van der Waals surface area contributed by atoms with Gasteiger partial charge in [0.2, 0.25) is 11.7 Å². The zero-order chi connectivity index (χ0) is 12.6. The molecule has 0 fully saturated rings. The molecule has 1 aromatic rings. The van der Waals surface area contributed by atoms with Crippen LogP contribution in [0.15, 0.2) is 36.2 Å². The third kappa shape index (κ3) is 1.82. The number of carbonyl (C=O) groups is 2. The largest absolute Gasteiger partial charge is 0.382 e. The summed E-state index contributed by atoms with van der Waals surface area (Å²) in [4.78, 5) is 27.0. The van der Waals surface area contributed by atoms with Crippen LogP contribution >= 0.6 is 0 Å². The first-order valence-corrected chi connectivity index (χ1v) is 5.35. The molecule has 0 unspecified atom stereocenters. The minimum atomic E-state index is -0.156. The number of carbonyl (C=O) groups excluding carboxylic acids is 2. The molecule has 0 saturated carbocycles. The second-order valence-corrected chi connectivity index (χ2v) is 4.18. The molecule has 0 spiro atoms. The van der Waals surface area contributed by atoms with Crippen molar-refractivity contribution < 1.29 is 9.59 Å². The van der Waals surface area contributed by atoms with Gasteiger partial charge in [0.05, 0.1) is 5.69 Å². The Balaban J connectivity index is 2.60. The number of hydrogen-bond acceptors (Lipinski definition) is 3. The molecular formula is C13H14N2O2. The van der Waals surface area contributed by atoms with Crippen molar-refractivity contribution in [2.75, 3.05) is 19.0 Å². The Morgan fingerprint density at radius 3 is 2.53 bits per heavy atom. The summed E-state index contributed by atoms with van der Waals surface area (Å²) in [5.41, 5.74) is 1.65. The fourth-order valence-corrected chi connectivity index (χ4v) is 1.93. The third-order valence-electron chi connectivity index (χ3n) is 2.56. The number of benzene rings is 1. The summed E-state index contributed by atoms with van der Waals surface area (Å²) in [6.07, 6.45) is 1.67. The van der Waals surface area contributed by atoms with E-state index >= 15 is 0 Å². The van der Waals surface area contributed by atoms with Crippen molar-refractivity contribution in [2.45, 2.75) is 6.92 Å². The Kier molecular flexibility index (Phi) is 2.71. The fraction of sp³-hybridized carbons (Fsp3) is 0.231. The van der Waals surface area contributed by atoms with E-state index in [-0.39, 0.29) is 11.7 Å². The Morgan fingerprint density at radius 2 is 1.94 bits per heavy atom. The molecule has 0 bridgehead atoms. The summed E-state index contributed by atoms with van der Waals surface area (Å²) in [6.45, 7) is 1.46. The van der Waals surface area contributed by atoms with Crippen LogP contribution in [0, 0.1) is 0 Å². The van der Waals surface area contributed by atoms with E-state index < -0.39 is 0 Å². The number of para-hydroxylation sites is 1. The number of rotatable bonds is 1. The van der Waals surface area contributed by atoms with Gasteiger partial charge < -0.3 is 4.90 Å². The van der Waals surface area contributed by atoms with Gasteiger partial charge in [-0.3, -0.25) is 14.5 Å². The fourth-order valence-electron chi connectivity index (χ4n) is 1.93. The normalized spacial score (nSPS) is 16.3. The summed E-state index contributed by atoms with van der Waals surface area (Å²) in [7, 11) is 3.64. The first-order chi connectivity index (χ1) is 8.02. The molecule has 2 rings (SSSR count). The molecule has 17 heavy (non-hydrogen) atoms. The van der Waals surface area contributed by atoms with E-state index in [0.29, 0.717) is 16.9 Å². The van der Waals surface area contributed by atoms with E-state index in [4.69, 9.17) is 0 Å². The summed E-state index contributed by atoms with van der Waals surface area (Å²) in [5, 5.41) is 0. The zero-order valence-electron chi connectivity index (χ0n) is 10.1. The number of ketones is 1. The first kappa shape index (κ1) is 11.4. The van der Waals surface area contributed by atoms with Gasteiger partial charge in [0.15, 0.2) is 0 Å². The quantitative estimate of drug-likeness (QED) is 0.689. The molecule has 1 aromatic carbocycles. The van der Waals surface area contributed by atoms with Gasteiger partial charge >= 0.3 is 0 Å². The van der Waals surface area contributed by atoms with Crippen LogP contribution in [0.25, 0.3) is 0 Å². The van der Waals surface area contributed by atoms with Gasteiger partial charge in [0.25, 0.3) is 0 Å². The lowest BCUT2D eigenvalue weighted by molar-refractivity contribution is -0.116. The Hall–Kier alpha value is -2.10. The van der Waals surface area contributed by atoms with E-state index in [1.165, 1.54) is 11.8 Å². The van der Waals surface area contributed by atoms with Crippen LogP contribution < -0.4 is 4.90 Å². The number of allylic oxidation sites excluding steroid dienone is 1. The lowest BCUT2D eigenvalue weighted by Crippen LogP contribution is -2.27. The van der Waals surface area contributed by atoms with Crippen LogP contribution in [0.4, 0.5) is 5.69 Å². The molecule has 0 aliphatic carbocycles. The molecule has 4 nitrogen and oxygen atoms in total. The van der Waals surface area contributed by atoms with Gasteiger partial charge in [0.1, 0.15) is 5.70 Å². The van der Waals surface area contributed by atoms with Crippen LogP contribution in [0.5, 0.6) is 0 Å². The van der Waals surface area contributed by atoms with Crippen molar-refractivity contribution in [1.82, 2.24) is 4.90 Å². The summed E-state index contributed by atoms with van der Waals surface area (Å²) >= 11 is 0. The van der Waals surface area contributed by atoms with Gasteiger partial charge in [-0.2, -0.15) is 0 Å². The van der Waals surface area contributed by atoms with Gasteiger partial charge in [0, 0.05) is 32.8 Å². The second-order valence-electron chi connectivity index (χ2n) is 4.18. The van der Waals surface area contributed by atoms with E-state index in [9.17, 15) is 9.59 Å². The summed E-state index contributed by atoms with van der Waals surface area (Å²) < 4.78 is 0. The predicted octanol–water partition coefficient (Wildman–Crippen LogP) is 1.64. The van der Waals surface area contributed by atoms with Crippen LogP contribution in [-0.4, -0.2) is 30.7 Å². The first-order valence-electron chi connectivity index (χ1n) is 5.35. The topological polar surface area (TPSA) is 40.6 Å². The maximum Gasteiger partial charge on any atom is 0.228 e. The molecule has 1 aliphatic rings. The van der Waals surface area contributed by atoms with Crippen LogP contribution in [-0.2, 0) is 4.79 Å². The molecule has 0 aromatic heterocycles. The highest BCUT2D eigenvalue weighted by molar-refractivity contribution is 6.24. The molecule has 88 valence electrons. The smallest absolute Gasteiger partial charge is 0.228 e. The molecule has 0 atom stereocenters. The highest BCUT2D eigenvalue weighted by atomic mass is 16.2. The standard InChI is InChI=1S/C13H14N2O2/c1-9(16)15-11-7-5-4-6-10(11)13(17)12(15)8-14(2)3/h4-8H,1-3H3. The van der Waals surface area contributed by atoms with E-state index in [0.717, 1.165) is 0 Å². The predicted molar refractivity (Wildman–Crippen MR) is 65.7 cm³/mol. The average Bonchev–Trinajstić information content (AvgIpc) is 2.52.